The van der Waals surface area contributed by atoms with Crippen LogP contribution in [0.15, 0.2) is 9.59 Å². The minimum atomic E-state index is 0.636. The van der Waals surface area contributed by atoms with Crippen molar-refractivity contribution in [1.29, 1.82) is 0 Å². The van der Waals surface area contributed by atoms with Crippen LogP contribution in [0.25, 0.3) is 0 Å². The third kappa shape index (κ3) is 0.876. The molecule has 0 aromatic carbocycles. The Bertz CT molecular complexity index is 244. The largest absolute Gasteiger partial charge is 0.485 e. The Morgan fingerprint density at radius 1 is 1.40 bits per heavy atom. The molecule has 1 aromatic heterocycles. The normalized spacial score (nSPS) is 15.3. The number of fused-ring (bicyclic) bond motifs is 1. The summed E-state index contributed by atoms with van der Waals surface area (Å²) in [4.78, 5) is 0. The van der Waals surface area contributed by atoms with Gasteiger partial charge in [0.25, 0.3) is 0 Å². The van der Waals surface area contributed by atoms with E-state index in [1.54, 1.807) is 0 Å². The second kappa shape index (κ2) is 2.36. The van der Waals surface area contributed by atoms with Gasteiger partial charge in [-0.15, -0.1) is 24.0 Å². The number of hydrogen-bond acceptors (Lipinski definition) is 4. The molecule has 0 bridgehead atoms. The van der Waals surface area contributed by atoms with Crippen molar-refractivity contribution in [1.82, 2.24) is 0 Å². The maximum atomic E-state index is 5.30. The molecule has 1 aromatic rings. The van der Waals surface area contributed by atoms with E-state index in [9.17, 15) is 0 Å². The molecule has 0 N–H and O–H groups in total. The fourth-order valence-corrected chi connectivity index (χ4v) is 1.84. The average molecular weight is 174 g/mol. The van der Waals surface area contributed by atoms with Crippen LogP contribution >= 0.6 is 24.0 Å². The Kier molecular flexibility index (Phi) is 1.50. The van der Waals surface area contributed by atoms with Gasteiger partial charge in [-0.3, -0.25) is 0 Å². The summed E-state index contributed by atoms with van der Waals surface area (Å²) >= 11 is 5.73. The van der Waals surface area contributed by atoms with Gasteiger partial charge in [-0.2, -0.15) is 0 Å². The predicted octanol–water partition coefficient (Wildman–Crippen LogP) is 1.81. The van der Waals surface area contributed by atoms with Crippen molar-refractivity contribution >= 4 is 24.0 Å². The zero-order valence-corrected chi connectivity index (χ0v) is 6.87. The summed E-state index contributed by atoms with van der Waals surface area (Å²) in [6.07, 6.45) is 0. The van der Waals surface area contributed by atoms with Gasteiger partial charge in [-0.05, 0) is 0 Å². The van der Waals surface area contributed by atoms with Crippen molar-refractivity contribution in [2.24, 2.45) is 0 Å². The van der Waals surface area contributed by atoms with E-state index in [-0.39, 0.29) is 0 Å². The SMILES string of the molecule is Sc1scc2c1OCCO2. The predicted molar refractivity (Wildman–Crippen MR) is 42.6 cm³/mol. The summed E-state index contributed by atoms with van der Waals surface area (Å²) in [6, 6.07) is 0. The molecule has 0 radical (unpaired) electrons. The lowest BCUT2D eigenvalue weighted by atomic mass is 10.5. The summed E-state index contributed by atoms with van der Waals surface area (Å²) in [5.74, 6) is 1.64. The Morgan fingerprint density at radius 3 is 3.00 bits per heavy atom. The minimum absolute atomic E-state index is 0.636. The molecule has 0 aliphatic carbocycles. The van der Waals surface area contributed by atoms with Crippen LogP contribution in [0.4, 0.5) is 0 Å². The van der Waals surface area contributed by atoms with Gasteiger partial charge in [0, 0.05) is 5.38 Å². The van der Waals surface area contributed by atoms with Crippen LogP contribution in [0.3, 0.4) is 0 Å². The molecule has 2 heterocycles. The van der Waals surface area contributed by atoms with E-state index >= 15 is 0 Å². The molecule has 2 nitrogen and oxygen atoms in total. The van der Waals surface area contributed by atoms with E-state index in [1.165, 1.54) is 11.3 Å². The third-order valence-electron chi connectivity index (χ3n) is 1.28. The van der Waals surface area contributed by atoms with Gasteiger partial charge in [0.15, 0.2) is 11.5 Å². The Labute approximate surface area is 68.2 Å². The number of thiophene rings is 1. The standard InChI is InChI=1S/C6H6O2S2/c9-6-5-4(3-10-6)7-1-2-8-5/h3,9H,1-2H2. The molecule has 10 heavy (non-hydrogen) atoms. The van der Waals surface area contributed by atoms with E-state index in [0.717, 1.165) is 15.7 Å². The van der Waals surface area contributed by atoms with Crippen molar-refractivity contribution < 1.29 is 9.47 Å². The molecule has 1 aliphatic rings. The van der Waals surface area contributed by atoms with Crippen molar-refractivity contribution in [3.8, 4) is 11.5 Å². The highest BCUT2D eigenvalue weighted by atomic mass is 32.2. The second-order valence-electron chi connectivity index (χ2n) is 1.93. The van der Waals surface area contributed by atoms with Gasteiger partial charge in [0.1, 0.15) is 17.4 Å². The highest BCUT2D eigenvalue weighted by Crippen LogP contribution is 2.41. The summed E-state index contributed by atoms with van der Waals surface area (Å²) in [6.45, 7) is 1.29. The van der Waals surface area contributed by atoms with E-state index in [4.69, 9.17) is 9.47 Å². The molecule has 0 fully saturated rings. The van der Waals surface area contributed by atoms with E-state index in [1.807, 2.05) is 5.38 Å². The van der Waals surface area contributed by atoms with Crippen molar-refractivity contribution in [2.75, 3.05) is 13.2 Å². The third-order valence-corrected chi connectivity index (χ3v) is 2.54. The van der Waals surface area contributed by atoms with Crippen molar-refractivity contribution in [3.63, 3.8) is 0 Å². The van der Waals surface area contributed by atoms with Crippen LogP contribution in [-0.4, -0.2) is 13.2 Å². The Hall–Kier alpha value is -0.350. The maximum Gasteiger partial charge on any atom is 0.185 e. The molecule has 2 rings (SSSR count). The van der Waals surface area contributed by atoms with Gasteiger partial charge < -0.3 is 9.47 Å². The average Bonchev–Trinajstić information content (AvgIpc) is 2.34. The summed E-state index contributed by atoms with van der Waals surface area (Å²) in [5.41, 5.74) is 0. The fourth-order valence-electron chi connectivity index (χ4n) is 0.850. The van der Waals surface area contributed by atoms with Crippen LogP contribution in [0.1, 0.15) is 0 Å². The lowest BCUT2D eigenvalue weighted by Crippen LogP contribution is -2.14. The first-order valence-corrected chi connectivity index (χ1v) is 4.26. The number of thiol groups is 1. The monoisotopic (exact) mass is 174 g/mol. The van der Waals surface area contributed by atoms with Crippen LogP contribution in [0.2, 0.25) is 0 Å². The van der Waals surface area contributed by atoms with Gasteiger partial charge >= 0.3 is 0 Å². The first-order valence-electron chi connectivity index (χ1n) is 2.94. The Morgan fingerprint density at radius 2 is 2.20 bits per heavy atom. The topological polar surface area (TPSA) is 18.5 Å². The second-order valence-corrected chi connectivity index (χ2v) is 3.56. The summed E-state index contributed by atoms with van der Waals surface area (Å²) in [7, 11) is 0. The highest BCUT2D eigenvalue weighted by Gasteiger charge is 2.15. The van der Waals surface area contributed by atoms with Crippen LogP contribution in [0, 0.1) is 0 Å². The van der Waals surface area contributed by atoms with E-state index < -0.39 is 0 Å². The highest BCUT2D eigenvalue weighted by molar-refractivity contribution is 7.83. The fraction of sp³-hybridized carbons (Fsp3) is 0.333. The lowest BCUT2D eigenvalue weighted by molar-refractivity contribution is 0.170. The smallest absolute Gasteiger partial charge is 0.185 e. The molecule has 54 valence electrons. The summed E-state index contributed by atoms with van der Waals surface area (Å²) in [5, 5.41) is 1.91. The van der Waals surface area contributed by atoms with Gasteiger partial charge in [0.05, 0.1) is 0 Å². The van der Waals surface area contributed by atoms with Crippen molar-refractivity contribution in [2.45, 2.75) is 4.21 Å². The molecule has 0 amide bonds. The van der Waals surface area contributed by atoms with E-state index in [2.05, 4.69) is 12.6 Å². The molecule has 0 spiro atoms. The molecular weight excluding hydrogens is 168 g/mol. The lowest BCUT2D eigenvalue weighted by Gasteiger charge is -2.14. The van der Waals surface area contributed by atoms with Gasteiger partial charge in [-0.1, -0.05) is 0 Å². The zero-order chi connectivity index (χ0) is 6.97. The maximum absolute atomic E-state index is 5.30. The molecule has 0 saturated carbocycles. The number of ether oxygens (including phenoxy) is 2. The molecule has 0 atom stereocenters. The van der Waals surface area contributed by atoms with Crippen LogP contribution in [-0.2, 0) is 0 Å². The summed E-state index contributed by atoms with van der Waals surface area (Å²) < 4.78 is 11.5. The van der Waals surface area contributed by atoms with Gasteiger partial charge in [-0.25, -0.2) is 0 Å². The quantitative estimate of drug-likeness (QED) is 0.605. The van der Waals surface area contributed by atoms with Crippen LogP contribution < -0.4 is 9.47 Å². The van der Waals surface area contributed by atoms with Crippen LogP contribution in [0.5, 0.6) is 11.5 Å². The minimum Gasteiger partial charge on any atom is -0.485 e. The molecule has 0 unspecified atom stereocenters. The molecule has 4 heteroatoms. The first-order chi connectivity index (χ1) is 4.88. The number of hydrogen-bond donors (Lipinski definition) is 1. The van der Waals surface area contributed by atoms with Gasteiger partial charge in [0.2, 0.25) is 0 Å². The van der Waals surface area contributed by atoms with Crippen molar-refractivity contribution in [3.05, 3.63) is 5.38 Å². The Balaban J connectivity index is 2.45. The molecule has 0 saturated heterocycles. The molecular formula is C6H6O2S2. The first kappa shape index (κ1) is 6.37. The number of rotatable bonds is 0. The molecule has 1 aliphatic heterocycles. The van der Waals surface area contributed by atoms with E-state index in [0.29, 0.717) is 13.2 Å². The zero-order valence-electron chi connectivity index (χ0n) is 5.16.